The summed E-state index contributed by atoms with van der Waals surface area (Å²) < 4.78 is 38.6. The van der Waals surface area contributed by atoms with Gasteiger partial charge in [-0.3, -0.25) is 0 Å². The zero-order valence-corrected chi connectivity index (χ0v) is 11.2. The van der Waals surface area contributed by atoms with Gasteiger partial charge in [0.25, 0.3) is 0 Å². The van der Waals surface area contributed by atoms with Crippen molar-refractivity contribution >= 4 is 59.3 Å². The molecule has 0 N–H and O–H groups in total. The van der Waals surface area contributed by atoms with Crippen LogP contribution in [0.25, 0.3) is 0 Å². The van der Waals surface area contributed by atoms with E-state index in [4.69, 9.17) is 23.3 Å². The van der Waals surface area contributed by atoms with Crippen LogP contribution in [0.4, 0.5) is 0 Å². The van der Waals surface area contributed by atoms with E-state index in [1.807, 2.05) is 0 Å². The van der Waals surface area contributed by atoms with Gasteiger partial charge in [-0.1, -0.05) is 0 Å². The van der Waals surface area contributed by atoms with Crippen molar-refractivity contribution in [1.82, 2.24) is 0 Å². The largest absolute Gasteiger partial charge is 4.00 e. The van der Waals surface area contributed by atoms with Gasteiger partial charge in [0.1, 0.15) is 0 Å². The van der Waals surface area contributed by atoms with Gasteiger partial charge >= 0.3 is 37.0 Å². The summed E-state index contributed by atoms with van der Waals surface area (Å²) in [5.74, 6) is 0. The van der Waals surface area contributed by atoms with E-state index < -0.39 is 0 Å². The number of halogens is 5. The average Bonchev–Trinajstić information content (AvgIpc) is 2.20. The van der Waals surface area contributed by atoms with E-state index in [1.165, 1.54) is 0 Å². The molecule has 70 valence electrons. The molecule has 12 heavy (non-hydrogen) atoms. The third-order valence-electron chi connectivity index (χ3n) is 0. The number of rotatable bonds is 0. The topological polar surface area (TPSA) is 115 Å². The third-order valence-corrected chi connectivity index (χ3v) is 0. The molecule has 0 heterocycles. The summed E-state index contributed by atoms with van der Waals surface area (Å²) in [6.45, 7) is 0. The molecule has 0 radical (unpaired) electrons. The Morgan fingerprint density at radius 2 is 0.417 bits per heavy atom. The second kappa shape index (κ2) is 393. The van der Waals surface area contributed by atoms with E-state index in [0.29, 0.717) is 0 Å². The van der Waals surface area contributed by atoms with Crippen LogP contribution in [0.2, 0.25) is 0 Å². The Bertz CT molecular complexity index is 19.8. The maximum Gasteiger partial charge on any atom is 4.00 e. The predicted molar refractivity (Wildman–Crippen MR) is 32.5 cm³/mol. The van der Waals surface area contributed by atoms with E-state index in [2.05, 4.69) is 59.3 Å². The second-order valence-corrected chi connectivity index (χ2v) is 0. The summed E-state index contributed by atoms with van der Waals surface area (Å²) in [5.41, 5.74) is 0. The van der Waals surface area contributed by atoms with Gasteiger partial charge in [-0.15, -0.1) is 0 Å². The Balaban J connectivity index is -0.00000000500. The fourth-order valence-corrected chi connectivity index (χ4v) is 0. The Hall–Kier alpha value is 2.25. The normalized spacial score (nSPS) is 2.50. The van der Waals surface area contributed by atoms with Gasteiger partial charge in [0, 0.05) is 0 Å². The molecule has 0 fully saturated rings. The van der Waals surface area contributed by atoms with Gasteiger partial charge in [-0.05, 0) is 0 Å². The summed E-state index contributed by atoms with van der Waals surface area (Å²) in [5, 5.41) is 0. The molecule has 0 spiro atoms. The zero-order valence-electron chi connectivity index (χ0n) is 5.43. The predicted octanol–water partition coefficient (Wildman–Crippen LogP) is -5.41. The molecule has 0 aromatic carbocycles. The van der Waals surface area contributed by atoms with Crippen LogP contribution in [-0.4, -0.2) is 0 Å². The SMILES string of the molecule is [C+4].[Na+].[O-]Cl.[O-]Cl.[O-]Cl.[O-]Cl.[O-]Cl. The van der Waals surface area contributed by atoms with Gasteiger partial charge in [-0.25, -0.2) is 59.3 Å². The zero-order chi connectivity index (χ0) is 10.0. The van der Waals surface area contributed by atoms with Crippen molar-refractivity contribution in [3.05, 3.63) is 7.43 Å². The Kier molecular flexibility index (Phi) is 1560. The summed E-state index contributed by atoms with van der Waals surface area (Å²) in [7, 11) is 0. The minimum Gasteiger partial charge on any atom is -0.769 e. The summed E-state index contributed by atoms with van der Waals surface area (Å²) in [6, 6.07) is 0. The molecule has 0 saturated heterocycles. The average molecular weight is 292 g/mol. The van der Waals surface area contributed by atoms with Crippen LogP contribution in [0.1, 0.15) is 0 Å². The molecular formula is CCl5NaO5. The smallest absolute Gasteiger partial charge is 0.769 e. The van der Waals surface area contributed by atoms with Crippen molar-refractivity contribution in [3.8, 4) is 0 Å². The van der Waals surface area contributed by atoms with Crippen molar-refractivity contribution in [1.29, 1.82) is 0 Å². The number of hydrogen-bond acceptors (Lipinski definition) is 5. The summed E-state index contributed by atoms with van der Waals surface area (Å²) in [6.07, 6.45) is 0. The van der Waals surface area contributed by atoms with Crippen molar-refractivity contribution < 1.29 is 52.9 Å². The van der Waals surface area contributed by atoms with Gasteiger partial charge in [0.05, 0.1) is 0 Å². The van der Waals surface area contributed by atoms with Crippen molar-refractivity contribution in [2.45, 2.75) is 0 Å². The quantitative estimate of drug-likeness (QED) is 0.413. The fourth-order valence-electron chi connectivity index (χ4n) is 0. The number of hydrogen-bond donors (Lipinski definition) is 0. The molecular weight excluding hydrogens is 292 g/mol. The monoisotopic (exact) mass is 290 g/mol. The molecule has 0 bridgehead atoms. The summed E-state index contributed by atoms with van der Waals surface area (Å²) >= 11 is 16.9. The van der Waals surface area contributed by atoms with Gasteiger partial charge in [0.2, 0.25) is 0 Å². The Morgan fingerprint density at radius 1 is 0.417 bits per heavy atom. The minimum absolute atomic E-state index is 0. The van der Waals surface area contributed by atoms with Crippen LogP contribution >= 0.6 is 59.3 Å². The Morgan fingerprint density at radius 3 is 0.417 bits per heavy atom. The van der Waals surface area contributed by atoms with Gasteiger partial charge < -0.3 is 23.3 Å². The van der Waals surface area contributed by atoms with Crippen molar-refractivity contribution in [3.63, 3.8) is 0 Å². The van der Waals surface area contributed by atoms with Crippen LogP contribution < -0.4 is 52.9 Å². The van der Waals surface area contributed by atoms with Gasteiger partial charge in [-0.2, -0.15) is 0 Å². The van der Waals surface area contributed by atoms with E-state index >= 15 is 0 Å². The molecule has 0 aliphatic heterocycles. The first-order valence-electron chi connectivity index (χ1n) is 0.772. The minimum atomic E-state index is 0. The first-order valence-corrected chi connectivity index (χ1v) is 2.31. The van der Waals surface area contributed by atoms with Crippen LogP contribution in [0.5, 0.6) is 0 Å². The van der Waals surface area contributed by atoms with Gasteiger partial charge in [0.15, 0.2) is 0 Å². The van der Waals surface area contributed by atoms with Crippen LogP contribution in [-0.2, 0) is 0 Å². The van der Waals surface area contributed by atoms with Crippen LogP contribution in [0.3, 0.4) is 0 Å². The van der Waals surface area contributed by atoms with Crippen LogP contribution in [0, 0.1) is 7.43 Å². The maximum absolute atomic E-state index is 7.72. The molecule has 0 atom stereocenters. The molecule has 11 heteroatoms. The molecule has 0 aromatic rings. The first-order chi connectivity index (χ1) is 5.00. The molecule has 0 rings (SSSR count). The standard InChI is InChI=1S/C.5ClO.Na/c;5*1-2;/q+4;5*-1;+1. The molecule has 0 amide bonds. The molecule has 0 aliphatic carbocycles. The molecule has 0 aromatic heterocycles. The molecule has 0 saturated carbocycles. The van der Waals surface area contributed by atoms with E-state index in [-0.39, 0.29) is 37.0 Å². The molecule has 0 aliphatic rings. The van der Waals surface area contributed by atoms with E-state index in [0.717, 1.165) is 0 Å². The molecule has 5 nitrogen and oxygen atoms in total. The van der Waals surface area contributed by atoms with Crippen molar-refractivity contribution in [2.75, 3.05) is 0 Å². The Labute approximate surface area is 119 Å². The van der Waals surface area contributed by atoms with E-state index in [9.17, 15) is 0 Å². The second-order valence-electron chi connectivity index (χ2n) is 0. The molecule has 0 unspecified atom stereocenters. The summed E-state index contributed by atoms with van der Waals surface area (Å²) in [4.78, 5) is 0. The van der Waals surface area contributed by atoms with Crippen LogP contribution in [0.15, 0.2) is 0 Å². The van der Waals surface area contributed by atoms with E-state index in [1.54, 1.807) is 0 Å². The fraction of sp³-hybridized carbons (Fsp3) is 0. The van der Waals surface area contributed by atoms with Crippen molar-refractivity contribution in [2.24, 2.45) is 0 Å². The maximum atomic E-state index is 7.72. The first kappa shape index (κ1) is 47.6. The third kappa shape index (κ3) is 306.